The lowest BCUT2D eigenvalue weighted by Gasteiger charge is -2.18. The van der Waals surface area contributed by atoms with Crippen molar-refractivity contribution in [3.63, 3.8) is 0 Å². The van der Waals surface area contributed by atoms with Gasteiger partial charge in [0.05, 0.1) is 18.3 Å². The Bertz CT molecular complexity index is 679. The first kappa shape index (κ1) is 16.0. The van der Waals surface area contributed by atoms with Gasteiger partial charge in [0, 0.05) is 0 Å². The molecule has 2 aromatic carbocycles. The molecule has 2 aromatic rings. The minimum Gasteiger partial charge on any atom is -0.465 e. The van der Waals surface area contributed by atoms with Gasteiger partial charge in [-0.05, 0) is 42.7 Å². The van der Waals surface area contributed by atoms with Crippen molar-refractivity contribution in [1.29, 1.82) is 0 Å². The first-order valence-corrected chi connectivity index (χ1v) is 7.11. The van der Waals surface area contributed by atoms with Gasteiger partial charge in [-0.2, -0.15) is 0 Å². The van der Waals surface area contributed by atoms with Gasteiger partial charge in [0.25, 0.3) is 0 Å². The standard InChI is InChI=1S/C19H20O3/c1-19(2,21)13-17(14-9-5-4-6-10-14)15-11-7-8-12-16(15)18(20)22-3/h4-13,21H,1-3H3/b17-13-. The van der Waals surface area contributed by atoms with Crippen molar-refractivity contribution in [2.75, 3.05) is 7.11 Å². The molecule has 0 saturated carbocycles. The Hall–Kier alpha value is -2.39. The summed E-state index contributed by atoms with van der Waals surface area (Å²) in [6.07, 6.45) is 1.75. The first-order chi connectivity index (χ1) is 10.4. The fourth-order valence-corrected chi connectivity index (χ4v) is 2.29. The summed E-state index contributed by atoms with van der Waals surface area (Å²) in [6, 6.07) is 16.9. The Balaban J connectivity index is 2.67. The summed E-state index contributed by atoms with van der Waals surface area (Å²) in [4.78, 5) is 12.0. The highest BCUT2D eigenvalue weighted by Crippen LogP contribution is 2.29. The third kappa shape index (κ3) is 3.83. The Morgan fingerprint density at radius 2 is 1.55 bits per heavy atom. The highest BCUT2D eigenvalue weighted by Gasteiger charge is 2.18. The van der Waals surface area contributed by atoms with E-state index in [1.54, 1.807) is 32.1 Å². The van der Waals surface area contributed by atoms with Crippen molar-refractivity contribution in [3.05, 3.63) is 77.4 Å². The number of esters is 1. The van der Waals surface area contributed by atoms with E-state index < -0.39 is 11.6 Å². The van der Waals surface area contributed by atoms with Crippen LogP contribution in [0, 0.1) is 0 Å². The molecule has 0 bridgehead atoms. The predicted molar refractivity (Wildman–Crippen MR) is 87.6 cm³/mol. The van der Waals surface area contributed by atoms with Crippen molar-refractivity contribution in [1.82, 2.24) is 0 Å². The number of hydrogen-bond acceptors (Lipinski definition) is 3. The highest BCUT2D eigenvalue weighted by atomic mass is 16.5. The van der Waals surface area contributed by atoms with Crippen LogP contribution < -0.4 is 0 Å². The van der Waals surface area contributed by atoms with Crippen molar-refractivity contribution >= 4 is 11.5 Å². The van der Waals surface area contributed by atoms with E-state index in [9.17, 15) is 9.90 Å². The maximum Gasteiger partial charge on any atom is 0.338 e. The normalized spacial score (nSPS) is 12.1. The second kappa shape index (κ2) is 6.58. The third-order valence-electron chi connectivity index (χ3n) is 3.20. The second-order valence-electron chi connectivity index (χ2n) is 5.61. The number of benzene rings is 2. The van der Waals surface area contributed by atoms with Crippen LogP contribution in [0.15, 0.2) is 60.7 Å². The fourth-order valence-electron chi connectivity index (χ4n) is 2.29. The maximum atomic E-state index is 12.0. The van der Waals surface area contributed by atoms with Gasteiger partial charge in [0.15, 0.2) is 0 Å². The van der Waals surface area contributed by atoms with Crippen LogP contribution in [-0.2, 0) is 4.74 Å². The molecule has 114 valence electrons. The van der Waals surface area contributed by atoms with Crippen LogP contribution in [0.5, 0.6) is 0 Å². The summed E-state index contributed by atoms with van der Waals surface area (Å²) in [5.74, 6) is -0.395. The largest absolute Gasteiger partial charge is 0.465 e. The van der Waals surface area contributed by atoms with Gasteiger partial charge in [-0.3, -0.25) is 0 Å². The van der Waals surface area contributed by atoms with Crippen molar-refractivity contribution in [2.24, 2.45) is 0 Å². The molecule has 0 saturated heterocycles. The molecule has 0 amide bonds. The second-order valence-corrected chi connectivity index (χ2v) is 5.61. The zero-order valence-corrected chi connectivity index (χ0v) is 13.0. The lowest BCUT2D eigenvalue weighted by molar-refractivity contribution is 0.0600. The van der Waals surface area contributed by atoms with E-state index in [2.05, 4.69) is 0 Å². The number of ether oxygens (including phenoxy) is 1. The average Bonchev–Trinajstić information content (AvgIpc) is 2.52. The van der Waals surface area contributed by atoms with Crippen molar-refractivity contribution < 1.29 is 14.6 Å². The smallest absolute Gasteiger partial charge is 0.338 e. The van der Waals surface area contributed by atoms with Crippen LogP contribution in [0.4, 0.5) is 0 Å². The molecular weight excluding hydrogens is 276 g/mol. The molecule has 0 aliphatic carbocycles. The lowest BCUT2D eigenvalue weighted by Crippen LogP contribution is -2.16. The minimum absolute atomic E-state index is 0.395. The number of carbonyl (C=O) groups excluding carboxylic acids is 1. The van der Waals surface area contributed by atoms with Crippen LogP contribution in [0.1, 0.15) is 35.3 Å². The van der Waals surface area contributed by atoms with Crippen molar-refractivity contribution in [3.8, 4) is 0 Å². The Morgan fingerprint density at radius 3 is 2.09 bits per heavy atom. The number of rotatable bonds is 4. The number of hydrogen-bond donors (Lipinski definition) is 1. The maximum absolute atomic E-state index is 12.0. The van der Waals surface area contributed by atoms with E-state index >= 15 is 0 Å². The molecular formula is C19H20O3. The molecule has 0 fully saturated rings. The summed E-state index contributed by atoms with van der Waals surface area (Å²) in [6.45, 7) is 3.41. The van der Waals surface area contributed by atoms with Gasteiger partial charge >= 0.3 is 5.97 Å². The molecule has 0 heterocycles. The topological polar surface area (TPSA) is 46.5 Å². The summed E-state index contributed by atoms with van der Waals surface area (Å²) in [5, 5.41) is 10.2. The number of carbonyl (C=O) groups is 1. The number of aliphatic hydroxyl groups is 1. The van der Waals surface area contributed by atoms with Crippen LogP contribution in [-0.4, -0.2) is 23.8 Å². The molecule has 0 aliphatic rings. The Labute approximate surface area is 130 Å². The van der Waals surface area contributed by atoms with E-state index in [1.807, 2.05) is 42.5 Å². The molecule has 0 unspecified atom stereocenters. The molecule has 0 spiro atoms. The molecule has 1 N–H and O–H groups in total. The van der Waals surface area contributed by atoms with Crippen LogP contribution in [0.25, 0.3) is 5.57 Å². The zero-order chi connectivity index (χ0) is 16.2. The Morgan fingerprint density at radius 1 is 1.00 bits per heavy atom. The summed E-state index contributed by atoms with van der Waals surface area (Å²) in [7, 11) is 1.36. The van der Waals surface area contributed by atoms with Crippen LogP contribution in [0.3, 0.4) is 0 Å². The third-order valence-corrected chi connectivity index (χ3v) is 3.20. The minimum atomic E-state index is -1.01. The molecule has 3 nitrogen and oxygen atoms in total. The molecule has 0 aliphatic heterocycles. The van der Waals surface area contributed by atoms with Gasteiger partial charge in [0.1, 0.15) is 0 Å². The van der Waals surface area contributed by atoms with Gasteiger partial charge in [-0.25, -0.2) is 4.79 Å². The van der Waals surface area contributed by atoms with Gasteiger partial charge in [-0.15, -0.1) is 0 Å². The summed E-state index contributed by atoms with van der Waals surface area (Å²) >= 11 is 0. The summed E-state index contributed by atoms with van der Waals surface area (Å²) < 4.78 is 4.86. The van der Waals surface area contributed by atoms with Crippen LogP contribution >= 0.6 is 0 Å². The van der Waals surface area contributed by atoms with E-state index in [1.165, 1.54) is 7.11 Å². The monoisotopic (exact) mass is 296 g/mol. The average molecular weight is 296 g/mol. The van der Waals surface area contributed by atoms with E-state index in [-0.39, 0.29) is 0 Å². The highest BCUT2D eigenvalue weighted by molar-refractivity contribution is 5.98. The molecule has 0 radical (unpaired) electrons. The van der Waals surface area contributed by atoms with E-state index in [0.717, 1.165) is 16.7 Å². The molecule has 0 aromatic heterocycles. The van der Waals surface area contributed by atoms with Gasteiger partial charge < -0.3 is 9.84 Å². The SMILES string of the molecule is COC(=O)c1ccccc1/C(=C\C(C)(C)O)c1ccccc1. The fraction of sp³-hybridized carbons (Fsp3) is 0.211. The quantitative estimate of drug-likeness (QED) is 0.876. The van der Waals surface area contributed by atoms with Gasteiger partial charge in [-0.1, -0.05) is 48.5 Å². The van der Waals surface area contributed by atoms with E-state index in [0.29, 0.717) is 5.56 Å². The molecule has 22 heavy (non-hydrogen) atoms. The molecule has 2 rings (SSSR count). The molecule has 3 heteroatoms. The Kier molecular flexibility index (Phi) is 4.78. The number of methoxy groups -OCH3 is 1. The lowest BCUT2D eigenvalue weighted by atomic mass is 9.90. The van der Waals surface area contributed by atoms with Crippen LogP contribution in [0.2, 0.25) is 0 Å². The summed E-state index contributed by atoms with van der Waals surface area (Å²) in [5.41, 5.74) is 1.94. The molecule has 0 atom stereocenters. The van der Waals surface area contributed by atoms with Gasteiger partial charge in [0.2, 0.25) is 0 Å². The predicted octanol–water partition coefficient (Wildman–Crippen LogP) is 3.68. The van der Waals surface area contributed by atoms with Crippen molar-refractivity contribution in [2.45, 2.75) is 19.4 Å². The first-order valence-electron chi connectivity index (χ1n) is 7.11. The van der Waals surface area contributed by atoms with E-state index in [4.69, 9.17) is 4.74 Å². The zero-order valence-electron chi connectivity index (χ0n) is 13.0.